The van der Waals surface area contributed by atoms with Crippen LogP contribution >= 0.6 is 0 Å². The number of morpholine rings is 1. The van der Waals surface area contributed by atoms with Gasteiger partial charge in [0.25, 0.3) is 0 Å². The maximum absolute atomic E-state index is 12.3. The lowest BCUT2D eigenvalue weighted by atomic mass is 10.1. The Kier molecular flexibility index (Phi) is 4.80. The van der Waals surface area contributed by atoms with Gasteiger partial charge in [0.15, 0.2) is 6.10 Å². The lowest BCUT2D eigenvalue weighted by Crippen LogP contribution is -2.49. The molecule has 1 amide bonds. The van der Waals surface area contributed by atoms with Crippen LogP contribution in [0.5, 0.6) is 5.75 Å². The minimum absolute atomic E-state index is 0.0944. The number of hydrogen-bond acceptors (Lipinski definition) is 4. The van der Waals surface area contributed by atoms with Crippen molar-refractivity contribution in [1.29, 1.82) is 0 Å². The number of carbonyl (C=O) groups excluding carboxylic acids is 1. The van der Waals surface area contributed by atoms with Crippen molar-refractivity contribution in [3.8, 4) is 5.75 Å². The molecule has 0 aliphatic carbocycles. The second kappa shape index (κ2) is 6.58. The monoisotopic (exact) mass is 293 g/mol. The van der Waals surface area contributed by atoms with Crippen molar-refractivity contribution in [1.82, 2.24) is 4.90 Å². The van der Waals surface area contributed by atoms with Crippen LogP contribution in [0.1, 0.15) is 11.1 Å². The Morgan fingerprint density at radius 1 is 1.48 bits per heavy atom. The molecule has 0 aromatic heterocycles. The Morgan fingerprint density at radius 2 is 2.24 bits per heavy atom. The summed E-state index contributed by atoms with van der Waals surface area (Å²) in [6.07, 6.45) is -0.710. The first kappa shape index (κ1) is 15.3. The van der Waals surface area contributed by atoms with Gasteiger partial charge in [-0.05, 0) is 24.1 Å². The second-order valence-corrected chi connectivity index (χ2v) is 5.02. The average Bonchev–Trinajstić information content (AvgIpc) is 2.49. The molecule has 1 fully saturated rings. The molecule has 1 aliphatic heterocycles. The zero-order valence-corrected chi connectivity index (χ0v) is 12.2. The number of benzene rings is 1. The Balaban J connectivity index is 2.02. The van der Waals surface area contributed by atoms with E-state index in [-0.39, 0.29) is 25.5 Å². The van der Waals surface area contributed by atoms with Crippen LogP contribution in [0.2, 0.25) is 0 Å². The molecule has 6 heteroatoms. The summed E-state index contributed by atoms with van der Waals surface area (Å²) in [7, 11) is 1.59. The van der Waals surface area contributed by atoms with Crippen LogP contribution in [-0.4, -0.2) is 54.8 Å². The molecule has 6 nitrogen and oxygen atoms in total. The van der Waals surface area contributed by atoms with Crippen LogP contribution in [0.3, 0.4) is 0 Å². The van der Waals surface area contributed by atoms with Crippen molar-refractivity contribution < 1.29 is 24.2 Å². The SMILES string of the molecule is COc1cc(CC(=O)N2CCOC(C(=O)O)C2)ccc1C. The number of amides is 1. The Labute approximate surface area is 123 Å². The van der Waals surface area contributed by atoms with Gasteiger partial charge in [0.2, 0.25) is 5.91 Å². The number of nitrogens with zero attached hydrogens (tertiary/aromatic N) is 1. The quantitative estimate of drug-likeness (QED) is 0.891. The molecule has 1 aliphatic rings. The molecule has 1 atom stereocenters. The third-order valence-corrected chi connectivity index (χ3v) is 3.52. The van der Waals surface area contributed by atoms with Gasteiger partial charge in [-0.1, -0.05) is 12.1 Å². The summed E-state index contributed by atoms with van der Waals surface area (Å²) in [5.74, 6) is -0.398. The van der Waals surface area contributed by atoms with Crippen molar-refractivity contribution in [2.45, 2.75) is 19.4 Å². The molecular weight excluding hydrogens is 274 g/mol. The van der Waals surface area contributed by atoms with Gasteiger partial charge in [-0.15, -0.1) is 0 Å². The predicted octanol–water partition coefficient (Wildman–Crippen LogP) is 0.858. The number of carboxylic acids is 1. The first-order valence-electron chi connectivity index (χ1n) is 6.77. The van der Waals surface area contributed by atoms with E-state index in [9.17, 15) is 9.59 Å². The summed E-state index contributed by atoms with van der Waals surface area (Å²) >= 11 is 0. The van der Waals surface area contributed by atoms with Crippen molar-refractivity contribution >= 4 is 11.9 Å². The predicted molar refractivity (Wildman–Crippen MR) is 75.4 cm³/mol. The molecule has 0 bridgehead atoms. The van der Waals surface area contributed by atoms with E-state index >= 15 is 0 Å². The minimum Gasteiger partial charge on any atom is -0.496 e. The molecule has 0 saturated carbocycles. The second-order valence-electron chi connectivity index (χ2n) is 5.02. The topological polar surface area (TPSA) is 76.1 Å². The molecule has 1 saturated heterocycles. The molecule has 0 radical (unpaired) electrons. The largest absolute Gasteiger partial charge is 0.496 e. The summed E-state index contributed by atoms with van der Waals surface area (Å²) in [5, 5.41) is 8.95. The van der Waals surface area contributed by atoms with Gasteiger partial charge in [-0.3, -0.25) is 4.79 Å². The third-order valence-electron chi connectivity index (χ3n) is 3.52. The molecule has 2 rings (SSSR count). The number of rotatable bonds is 4. The van der Waals surface area contributed by atoms with E-state index in [1.807, 2.05) is 25.1 Å². The standard InChI is InChI=1S/C15H19NO5/c1-10-3-4-11(7-12(10)20-2)8-14(17)16-5-6-21-13(9-16)15(18)19/h3-4,7,13H,5-6,8-9H2,1-2H3,(H,18,19). The lowest BCUT2D eigenvalue weighted by molar-refractivity contribution is -0.159. The van der Waals surface area contributed by atoms with Crippen molar-refractivity contribution in [2.24, 2.45) is 0 Å². The summed E-state index contributed by atoms with van der Waals surface area (Å²) < 4.78 is 10.3. The first-order chi connectivity index (χ1) is 10.0. The van der Waals surface area contributed by atoms with Gasteiger partial charge in [-0.25, -0.2) is 4.79 Å². The molecular formula is C15H19NO5. The minimum atomic E-state index is -1.04. The summed E-state index contributed by atoms with van der Waals surface area (Å²) in [6, 6.07) is 5.62. The average molecular weight is 293 g/mol. The van der Waals surface area contributed by atoms with Crippen LogP contribution < -0.4 is 4.74 Å². The zero-order chi connectivity index (χ0) is 15.4. The summed E-state index contributed by atoms with van der Waals surface area (Å²) in [6.45, 7) is 2.70. The molecule has 1 N–H and O–H groups in total. The van der Waals surface area contributed by atoms with Gasteiger partial charge < -0.3 is 19.5 Å². The molecule has 0 spiro atoms. The van der Waals surface area contributed by atoms with Gasteiger partial charge in [0.05, 0.1) is 26.7 Å². The number of ether oxygens (including phenoxy) is 2. The highest BCUT2D eigenvalue weighted by Crippen LogP contribution is 2.20. The van der Waals surface area contributed by atoms with Crippen LogP contribution in [0.15, 0.2) is 18.2 Å². The highest BCUT2D eigenvalue weighted by molar-refractivity contribution is 5.80. The molecule has 1 heterocycles. The van der Waals surface area contributed by atoms with Crippen molar-refractivity contribution in [3.05, 3.63) is 29.3 Å². The Bertz CT molecular complexity index is 543. The van der Waals surface area contributed by atoms with Crippen LogP contribution in [0, 0.1) is 6.92 Å². The Hall–Kier alpha value is -2.08. The van der Waals surface area contributed by atoms with Gasteiger partial charge in [0, 0.05) is 6.54 Å². The van der Waals surface area contributed by atoms with Gasteiger partial charge in [-0.2, -0.15) is 0 Å². The van der Waals surface area contributed by atoms with E-state index in [1.165, 1.54) is 4.90 Å². The molecule has 114 valence electrons. The number of carbonyl (C=O) groups is 2. The number of methoxy groups -OCH3 is 1. The van der Waals surface area contributed by atoms with Gasteiger partial charge in [0.1, 0.15) is 5.75 Å². The smallest absolute Gasteiger partial charge is 0.334 e. The van der Waals surface area contributed by atoms with E-state index in [0.717, 1.165) is 16.9 Å². The fraction of sp³-hybridized carbons (Fsp3) is 0.467. The van der Waals surface area contributed by atoms with E-state index in [0.29, 0.717) is 6.54 Å². The number of aryl methyl sites for hydroxylation is 1. The summed E-state index contributed by atoms with van der Waals surface area (Å²) in [4.78, 5) is 24.7. The maximum Gasteiger partial charge on any atom is 0.334 e. The number of carboxylic acid groups (broad SMARTS) is 1. The normalized spacial score (nSPS) is 18.4. The maximum atomic E-state index is 12.3. The van der Waals surface area contributed by atoms with E-state index in [4.69, 9.17) is 14.6 Å². The number of aliphatic carboxylic acids is 1. The van der Waals surface area contributed by atoms with Crippen molar-refractivity contribution in [2.75, 3.05) is 26.8 Å². The van der Waals surface area contributed by atoms with E-state index < -0.39 is 12.1 Å². The van der Waals surface area contributed by atoms with Crippen LogP contribution in [0.4, 0.5) is 0 Å². The Morgan fingerprint density at radius 3 is 2.90 bits per heavy atom. The van der Waals surface area contributed by atoms with E-state index in [2.05, 4.69) is 0 Å². The summed E-state index contributed by atoms with van der Waals surface area (Å²) in [5.41, 5.74) is 1.85. The molecule has 1 aromatic carbocycles. The highest BCUT2D eigenvalue weighted by atomic mass is 16.5. The van der Waals surface area contributed by atoms with Crippen LogP contribution in [-0.2, 0) is 20.7 Å². The fourth-order valence-corrected chi connectivity index (χ4v) is 2.29. The molecule has 21 heavy (non-hydrogen) atoms. The lowest BCUT2D eigenvalue weighted by Gasteiger charge is -2.31. The zero-order valence-electron chi connectivity index (χ0n) is 12.2. The highest BCUT2D eigenvalue weighted by Gasteiger charge is 2.28. The number of hydrogen-bond donors (Lipinski definition) is 1. The molecule has 1 unspecified atom stereocenters. The van der Waals surface area contributed by atoms with Gasteiger partial charge >= 0.3 is 5.97 Å². The van der Waals surface area contributed by atoms with E-state index in [1.54, 1.807) is 7.11 Å². The third kappa shape index (κ3) is 3.72. The fourth-order valence-electron chi connectivity index (χ4n) is 2.29. The first-order valence-corrected chi connectivity index (χ1v) is 6.77. The molecule has 1 aromatic rings. The van der Waals surface area contributed by atoms with Crippen LogP contribution in [0.25, 0.3) is 0 Å². The van der Waals surface area contributed by atoms with Crippen molar-refractivity contribution in [3.63, 3.8) is 0 Å².